The molecule has 0 heterocycles. The van der Waals surface area contributed by atoms with Crippen molar-refractivity contribution in [1.82, 2.24) is 0 Å². The van der Waals surface area contributed by atoms with Crippen molar-refractivity contribution in [3.8, 4) is 0 Å². The third kappa shape index (κ3) is 3.62. The molecule has 1 fully saturated rings. The molecule has 1 aromatic rings. The molecule has 1 atom stereocenters. The molecule has 0 aliphatic heterocycles. The standard InChI is InChI=1S/C12H16O5S2/c13-18(14)11-6-4-9(5-7-11)10-2-1-3-12(8-10)19(15,16)17/h1-3,8-9,11H,4-7H2,(H,13,14)(H,15,16,17)/p-1. The van der Waals surface area contributed by atoms with E-state index in [9.17, 15) is 17.2 Å². The molecule has 0 amide bonds. The summed E-state index contributed by atoms with van der Waals surface area (Å²) in [5, 5.41) is -0.291. The second kappa shape index (κ2) is 5.70. The van der Waals surface area contributed by atoms with E-state index in [1.807, 2.05) is 6.07 Å². The zero-order chi connectivity index (χ0) is 14.0. The van der Waals surface area contributed by atoms with Crippen LogP contribution in [0.15, 0.2) is 29.2 Å². The van der Waals surface area contributed by atoms with Crippen LogP contribution in [0.4, 0.5) is 0 Å². The SMILES string of the molecule is O=S([O-])C1CCC(c2cccc(S(=O)(=O)O)c2)CC1. The highest BCUT2D eigenvalue weighted by Gasteiger charge is 2.23. The Balaban J connectivity index is 2.14. The van der Waals surface area contributed by atoms with Crippen LogP contribution >= 0.6 is 0 Å². The normalized spacial score (nSPS) is 26.0. The maximum atomic E-state index is 11.1. The zero-order valence-electron chi connectivity index (χ0n) is 10.2. The van der Waals surface area contributed by atoms with Gasteiger partial charge in [0.2, 0.25) is 0 Å². The van der Waals surface area contributed by atoms with Gasteiger partial charge in [0.25, 0.3) is 10.1 Å². The molecule has 1 aliphatic rings. The molecule has 106 valence electrons. The van der Waals surface area contributed by atoms with Gasteiger partial charge >= 0.3 is 0 Å². The fourth-order valence-corrected chi connectivity index (χ4v) is 3.71. The van der Waals surface area contributed by atoms with Crippen molar-refractivity contribution in [3.63, 3.8) is 0 Å². The number of hydrogen-bond acceptors (Lipinski definition) is 4. The molecule has 0 radical (unpaired) electrons. The first-order chi connectivity index (χ1) is 8.88. The lowest BCUT2D eigenvalue weighted by molar-refractivity contribution is 0.423. The van der Waals surface area contributed by atoms with Crippen LogP contribution in [0.3, 0.4) is 0 Å². The highest BCUT2D eigenvalue weighted by atomic mass is 32.2. The third-order valence-electron chi connectivity index (χ3n) is 3.57. The van der Waals surface area contributed by atoms with Gasteiger partial charge in [0, 0.05) is 5.25 Å². The Morgan fingerprint density at radius 1 is 1.21 bits per heavy atom. The molecule has 0 bridgehead atoms. The highest BCUT2D eigenvalue weighted by molar-refractivity contribution is 7.85. The van der Waals surface area contributed by atoms with Crippen molar-refractivity contribution in [2.45, 2.75) is 41.7 Å². The zero-order valence-corrected chi connectivity index (χ0v) is 11.8. The van der Waals surface area contributed by atoms with Gasteiger partial charge < -0.3 is 4.55 Å². The first-order valence-electron chi connectivity index (χ1n) is 6.03. The molecule has 19 heavy (non-hydrogen) atoms. The van der Waals surface area contributed by atoms with E-state index in [4.69, 9.17) is 4.55 Å². The van der Waals surface area contributed by atoms with Crippen molar-refractivity contribution in [2.75, 3.05) is 0 Å². The quantitative estimate of drug-likeness (QED) is 0.679. The summed E-state index contributed by atoms with van der Waals surface area (Å²) in [5.41, 5.74) is 0.838. The molecular weight excluding hydrogens is 288 g/mol. The van der Waals surface area contributed by atoms with Crippen LogP contribution in [0.2, 0.25) is 0 Å². The van der Waals surface area contributed by atoms with Gasteiger partial charge in [0.15, 0.2) is 0 Å². The minimum Gasteiger partial charge on any atom is -0.772 e. The number of hydrogen-bond donors (Lipinski definition) is 1. The minimum absolute atomic E-state index is 0.112. The summed E-state index contributed by atoms with van der Waals surface area (Å²) in [6.07, 6.45) is 2.62. The lowest BCUT2D eigenvalue weighted by Crippen LogP contribution is -2.22. The maximum Gasteiger partial charge on any atom is 0.294 e. The van der Waals surface area contributed by atoms with Crippen molar-refractivity contribution in [2.24, 2.45) is 0 Å². The van der Waals surface area contributed by atoms with Gasteiger partial charge in [-0.15, -0.1) is 0 Å². The first kappa shape index (κ1) is 14.6. The van der Waals surface area contributed by atoms with Crippen molar-refractivity contribution in [3.05, 3.63) is 29.8 Å². The van der Waals surface area contributed by atoms with E-state index in [0.717, 1.165) is 5.56 Å². The van der Waals surface area contributed by atoms with Gasteiger partial charge in [0.1, 0.15) is 0 Å². The molecule has 1 N–H and O–H groups in total. The summed E-state index contributed by atoms with van der Waals surface area (Å²) in [7, 11) is -4.19. The fourth-order valence-electron chi connectivity index (χ4n) is 2.52. The topological polar surface area (TPSA) is 94.5 Å². The lowest BCUT2D eigenvalue weighted by Gasteiger charge is -2.30. The van der Waals surface area contributed by atoms with E-state index >= 15 is 0 Å². The van der Waals surface area contributed by atoms with Crippen LogP contribution in [-0.2, 0) is 21.2 Å². The Kier molecular flexibility index (Phi) is 4.39. The van der Waals surface area contributed by atoms with E-state index in [1.165, 1.54) is 12.1 Å². The monoisotopic (exact) mass is 303 g/mol. The Morgan fingerprint density at radius 3 is 2.37 bits per heavy atom. The first-order valence-corrected chi connectivity index (χ1v) is 8.61. The molecule has 7 heteroatoms. The van der Waals surface area contributed by atoms with Crippen LogP contribution in [0.1, 0.15) is 37.2 Å². The van der Waals surface area contributed by atoms with Gasteiger partial charge in [-0.3, -0.25) is 8.76 Å². The van der Waals surface area contributed by atoms with E-state index in [2.05, 4.69) is 0 Å². The van der Waals surface area contributed by atoms with Gasteiger partial charge in [-0.05, 0) is 49.3 Å². The number of rotatable bonds is 3. The predicted octanol–water partition coefficient (Wildman–Crippen LogP) is 1.84. The van der Waals surface area contributed by atoms with E-state index in [1.54, 1.807) is 6.07 Å². The fraction of sp³-hybridized carbons (Fsp3) is 0.500. The van der Waals surface area contributed by atoms with Crippen LogP contribution in [0, 0.1) is 0 Å². The number of benzene rings is 1. The molecule has 5 nitrogen and oxygen atoms in total. The minimum atomic E-state index is -4.19. The Bertz CT molecular complexity index is 574. The second-order valence-electron chi connectivity index (χ2n) is 4.78. The summed E-state index contributed by atoms with van der Waals surface area (Å²) in [6.45, 7) is 0. The maximum absolute atomic E-state index is 11.1. The van der Waals surface area contributed by atoms with E-state index < -0.39 is 21.2 Å². The summed E-state index contributed by atoms with van der Waals surface area (Å²) in [5.74, 6) is 0.154. The van der Waals surface area contributed by atoms with Crippen LogP contribution in [-0.4, -0.2) is 27.0 Å². The highest BCUT2D eigenvalue weighted by Crippen LogP contribution is 2.35. The summed E-state index contributed by atoms with van der Waals surface area (Å²) < 4.78 is 52.9. The van der Waals surface area contributed by atoms with Gasteiger partial charge in [-0.1, -0.05) is 23.2 Å². The molecule has 1 aliphatic carbocycles. The third-order valence-corrected chi connectivity index (χ3v) is 5.44. The molecular formula is C12H15O5S2-. The molecule has 1 aromatic carbocycles. The van der Waals surface area contributed by atoms with Crippen LogP contribution in [0.5, 0.6) is 0 Å². The van der Waals surface area contributed by atoms with Crippen LogP contribution in [0.25, 0.3) is 0 Å². The van der Waals surface area contributed by atoms with Gasteiger partial charge in [-0.25, -0.2) is 0 Å². The Morgan fingerprint density at radius 2 is 1.84 bits per heavy atom. The molecule has 1 saturated carbocycles. The predicted molar refractivity (Wildman–Crippen MR) is 70.2 cm³/mol. The van der Waals surface area contributed by atoms with Crippen molar-refractivity contribution < 1.29 is 21.7 Å². The molecule has 2 rings (SSSR count). The van der Waals surface area contributed by atoms with Crippen LogP contribution < -0.4 is 0 Å². The molecule has 0 aromatic heterocycles. The average molecular weight is 303 g/mol. The molecule has 0 spiro atoms. The molecule has 1 unspecified atom stereocenters. The van der Waals surface area contributed by atoms with E-state index in [-0.39, 0.29) is 16.1 Å². The Labute approximate surface area is 115 Å². The van der Waals surface area contributed by atoms with Gasteiger partial charge in [-0.2, -0.15) is 8.42 Å². The lowest BCUT2D eigenvalue weighted by atomic mass is 9.84. The average Bonchev–Trinajstić information content (AvgIpc) is 2.38. The summed E-state index contributed by atoms with van der Waals surface area (Å²) in [6, 6.07) is 6.22. The molecule has 0 saturated heterocycles. The Hall–Kier alpha value is -0.760. The second-order valence-corrected chi connectivity index (χ2v) is 7.39. The smallest absolute Gasteiger partial charge is 0.294 e. The van der Waals surface area contributed by atoms with E-state index in [0.29, 0.717) is 25.7 Å². The summed E-state index contributed by atoms with van der Waals surface area (Å²) >= 11 is -2.03. The summed E-state index contributed by atoms with van der Waals surface area (Å²) in [4.78, 5) is -0.112. The van der Waals surface area contributed by atoms with Crippen molar-refractivity contribution >= 4 is 21.2 Å². The largest absolute Gasteiger partial charge is 0.772 e. The van der Waals surface area contributed by atoms with Crippen molar-refractivity contribution in [1.29, 1.82) is 0 Å². The van der Waals surface area contributed by atoms with Gasteiger partial charge in [0.05, 0.1) is 4.90 Å².